The van der Waals surface area contributed by atoms with Gasteiger partial charge >= 0.3 is 0 Å². The standard InChI is InChI=1S/C11H14N2O2/c1-7(12)6-9-8-4-3-5-10(14-2)11(8)15-13-9/h3-5,7H,6,12H2,1-2H3. The second kappa shape index (κ2) is 3.90. The predicted molar refractivity (Wildman–Crippen MR) is 57.9 cm³/mol. The third kappa shape index (κ3) is 1.80. The van der Waals surface area contributed by atoms with Crippen LogP contribution < -0.4 is 10.5 Å². The maximum absolute atomic E-state index is 5.73. The summed E-state index contributed by atoms with van der Waals surface area (Å²) in [7, 11) is 1.61. The first-order valence-electron chi connectivity index (χ1n) is 4.89. The highest BCUT2D eigenvalue weighted by molar-refractivity contribution is 5.84. The van der Waals surface area contributed by atoms with E-state index in [0.29, 0.717) is 17.8 Å². The van der Waals surface area contributed by atoms with Crippen LogP contribution in [0.25, 0.3) is 11.0 Å². The van der Waals surface area contributed by atoms with E-state index < -0.39 is 0 Å². The van der Waals surface area contributed by atoms with Crippen LogP contribution in [-0.2, 0) is 6.42 Å². The average Bonchev–Trinajstić information content (AvgIpc) is 2.61. The lowest BCUT2D eigenvalue weighted by molar-refractivity contribution is 0.390. The fourth-order valence-electron chi connectivity index (χ4n) is 1.60. The number of methoxy groups -OCH3 is 1. The molecule has 1 atom stereocenters. The topological polar surface area (TPSA) is 61.3 Å². The molecule has 0 bridgehead atoms. The summed E-state index contributed by atoms with van der Waals surface area (Å²) in [6, 6.07) is 5.81. The van der Waals surface area contributed by atoms with Crippen LogP contribution in [0.2, 0.25) is 0 Å². The van der Waals surface area contributed by atoms with Crippen molar-refractivity contribution in [2.24, 2.45) is 5.73 Å². The van der Waals surface area contributed by atoms with Crippen molar-refractivity contribution in [1.29, 1.82) is 0 Å². The van der Waals surface area contributed by atoms with Crippen LogP contribution in [0.3, 0.4) is 0 Å². The van der Waals surface area contributed by atoms with Gasteiger partial charge in [0, 0.05) is 17.8 Å². The molecular formula is C11H14N2O2. The third-order valence-electron chi connectivity index (χ3n) is 2.27. The van der Waals surface area contributed by atoms with Crippen molar-refractivity contribution in [2.45, 2.75) is 19.4 Å². The number of benzene rings is 1. The SMILES string of the molecule is COc1cccc2c(CC(C)N)noc12. The molecule has 2 rings (SSSR count). The van der Waals surface area contributed by atoms with Crippen molar-refractivity contribution >= 4 is 11.0 Å². The van der Waals surface area contributed by atoms with Gasteiger partial charge in [0.15, 0.2) is 5.75 Å². The van der Waals surface area contributed by atoms with Crippen LogP contribution in [0, 0.1) is 0 Å². The molecular weight excluding hydrogens is 192 g/mol. The molecule has 2 aromatic rings. The van der Waals surface area contributed by atoms with Gasteiger partial charge < -0.3 is 15.0 Å². The first kappa shape index (κ1) is 9.98. The Balaban J connectivity index is 2.51. The van der Waals surface area contributed by atoms with E-state index in [1.54, 1.807) is 7.11 Å². The second-order valence-corrected chi connectivity index (χ2v) is 3.65. The largest absolute Gasteiger partial charge is 0.493 e. The summed E-state index contributed by atoms with van der Waals surface area (Å²) in [4.78, 5) is 0. The van der Waals surface area contributed by atoms with E-state index in [2.05, 4.69) is 5.16 Å². The van der Waals surface area contributed by atoms with Gasteiger partial charge in [-0.3, -0.25) is 0 Å². The lowest BCUT2D eigenvalue weighted by atomic mass is 10.1. The van der Waals surface area contributed by atoms with Crippen molar-refractivity contribution in [3.05, 3.63) is 23.9 Å². The maximum atomic E-state index is 5.73. The van der Waals surface area contributed by atoms with E-state index in [0.717, 1.165) is 11.1 Å². The lowest BCUT2D eigenvalue weighted by Gasteiger charge is -2.01. The summed E-state index contributed by atoms with van der Waals surface area (Å²) in [6.45, 7) is 1.95. The molecule has 0 aliphatic rings. The molecule has 0 aliphatic carbocycles. The minimum atomic E-state index is 0.0736. The quantitative estimate of drug-likeness (QED) is 0.830. The van der Waals surface area contributed by atoms with E-state index in [-0.39, 0.29) is 6.04 Å². The molecule has 2 N–H and O–H groups in total. The van der Waals surface area contributed by atoms with Gasteiger partial charge in [-0.05, 0) is 19.1 Å². The molecule has 4 nitrogen and oxygen atoms in total. The summed E-state index contributed by atoms with van der Waals surface area (Å²) in [5, 5.41) is 4.99. The molecule has 1 unspecified atom stereocenters. The van der Waals surface area contributed by atoms with E-state index in [9.17, 15) is 0 Å². The molecule has 0 saturated heterocycles. The molecule has 1 aromatic heterocycles. The highest BCUT2D eigenvalue weighted by Gasteiger charge is 2.12. The fourth-order valence-corrected chi connectivity index (χ4v) is 1.60. The van der Waals surface area contributed by atoms with Crippen molar-refractivity contribution in [3.63, 3.8) is 0 Å². The molecule has 0 aliphatic heterocycles. The molecule has 0 amide bonds. The highest BCUT2D eigenvalue weighted by Crippen LogP contribution is 2.27. The zero-order valence-electron chi connectivity index (χ0n) is 8.86. The smallest absolute Gasteiger partial charge is 0.208 e. The molecule has 0 fully saturated rings. The molecule has 0 saturated carbocycles. The summed E-state index contributed by atoms with van der Waals surface area (Å²) in [5.74, 6) is 0.705. The molecule has 4 heteroatoms. The first-order valence-corrected chi connectivity index (χ1v) is 4.89. The summed E-state index contributed by atoms with van der Waals surface area (Å²) in [6.07, 6.45) is 0.708. The summed E-state index contributed by atoms with van der Waals surface area (Å²) < 4.78 is 10.4. The Kier molecular flexibility index (Phi) is 2.60. The van der Waals surface area contributed by atoms with Gasteiger partial charge in [-0.15, -0.1) is 0 Å². The molecule has 0 radical (unpaired) electrons. The van der Waals surface area contributed by atoms with Crippen molar-refractivity contribution in [2.75, 3.05) is 7.11 Å². The van der Waals surface area contributed by atoms with Gasteiger partial charge in [0.2, 0.25) is 5.58 Å². The van der Waals surface area contributed by atoms with Crippen LogP contribution in [0.1, 0.15) is 12.6 Å². The number of nitrogens with two attached hydrogens (primary N) is 1. The Morgan fingerprint density at radius 1 is 1.53 bits per heavy atom. The van der Waals surface area contributed by atoms with Crippen molar-refractivity contribution in [3.8, 4) is 5.75 Å². The number of aromatic nitrogens is 1. The Bertz CT molecular complexity index is 463. The monoisotopic (exact) mass is 206 g/mol. The molecule has 1 heterocycles. The van der Waals surface area contributed by atoms with Crippen molar-refractivity contribution in [1.82, 2.24) is 5.16 Å². The van der Waals surface area contributed by atoms with Gasteiger partial charge in [0.05, 0.1) is 12.8 Å². The Hall–Kier alpha value is -1.55. The van der Waals surface area contributed by atoms with Gasteiger partial charge in [-0.2, -0.15) is 0 Å². The minimum Gasteiger partial charge on any atom is -0.493 e. The Morgan fingerprint density at radius 2 is 2.33 bits per heavy atom. The zero-order chi connectivity index (χ0) is 10.8. The molecule has 0 spiro atoms. The van der Waals surface area contributed by atoms with E-state index in [1.807, 2.05) is 25.1 Å². The summed E-state index contributed by atoms with van der Waals surface area (Å²) >= 11 is 0. The number of para-hydroxylation sites is 1. The van der Waals surface area contributed by atoms with Crippen molar-refractivity contribution < 1.29 is 9.26 Å². The Morgan fingerprint density at radius 3 is 3.00 bits per heavy atom. The normalized spacial score (nSPS) is 13.0. The van der Waals surface area contributed by atoms with Crippen LogP contribution >= 0.6 is 0 Å². The molecule has 80 valence electrons. The van der Waals surface area contributed by atoms with Crippen LogP contribution in [-0.4, -0.2) is 18.3 Å². The third-order valence-corrected chi connectivity index (χ3v) is 2.27. The number of hydrogen-bond acceptors (Lipinski definition) is 4. The maximum Gasteiger partial charge on any atom is 0.208 e. The first-order chi connectivity index (χ1) is 7.22. The zero-order valence-corrected chi connectivity index (χ0v) is 8.86. The van der Waals surface area contributed by atoms with Crippen LogP contribution in [0.5, 0.6) is 5.75 Å². The number of nitrogens with zero attached hydrogens (tertiary/aromatic N) is 1. The van der Waals surface area contributed by atoms with Gasteiger partial charge in [-0.1, -0.05) is 11.2 Å². The number of ether oxygens (including phenoxy) is 1. The number of hydrogen-bond donors (Lipinski definition) is 1. The Labute approximate surface area is 88.0 Å². The summed E-state index contributed by atoms with van der Waals surface area (Å²) in [5.41, 5.74) is 7.31. The predicted octanol–water partition coefficient (Wildman–Crippen LogP) is 1.73. The molecule has 15 heavy (non-hydrogen) atoms. The van der Waals surface area contributed by atoms with E-state index in [4.69, 9.17) is 15.0 Å². The van der Waals surface area contributed by atoms with Gasteiger partial charge in [-0.25, -0.2) is 0 Å². The minimum absolute atomic E-state index is 0.0736. The van der Waals surface area contributed by atoms with Gasteiger partial charge in [0.1, 0.15) is 0 Å². The lowest BCUT2D eigenvalue weighted by Crippen LogP contribution is -2.17. The highest BCUT2D eigenvalue weighted by atomic mass is 16.5. The van der Waals surface area contributed by atoms with E-state index >= 15 is 0 Å². The van der Waals surface area contributed by atoms with Gasteiger partial charge in [0.25, 0.3) is 0 Å². The second-order valence-electron chi connectivity index (χ2n) is 3.65. The number of fused-ring (bicyclic) bond motifs is 1. The number of rotatable bonds is 3. The average molecular weight is 206 g/mol. The molecule has 1 aromatic carbocycles. The fraction of sp³-hybridized carbons (Fsp3) is 0.364. The van der Waals surface area contributed by atoms with Crippen LogP contribution in [0.15, 0.2) is 22.7 Å². The van der Waals surface area contributed by atoms with Crippen LogP contribution in [0.4, 0.5) is 0 Å². The van der Waals surface area contributed by atoms with E-state index in [1.165, 1.54) is 0 Å².